The van der Waals surface area contributed by atoms with Gasteiger partial charge in [-0.1, -0.05) is 17.7 Å². The number of rotatable bonds is 2. The van der Waals surface area contributed by atoms with Gasteiger partial charge in [-0.25, -0.2) is 4.39 Å². The minimum Gasteiger partial charge on any atom is -0.506 e. The van der Waals surface area contributed by atoms with Crippen LogP contribution in [0.25, 0.3) is 0 Å². The normalized spacial score (nSPS) is 18.2. The van der Waals surface area contributed by atoms with E-state index in [0.29, 0.717) is 18.4 Å². The van der Waals surface area contributed by atoms with Crippen LogP contribution in [0.5, 0.6) is 5.75 Å². The van der Waals surface area contributed by atoms with Gasteiger partial charge in [-0.3, -0.25) is 0 Å². The number of aliphatic hydroxyl groups is 1. The van der Waals surface area contributed by atoms with Crippen LogP contribution in [0.1, 0.15) is 18.4 Å². The Hall–Kier alpha value is -0.800. The van der Waals surface area contributed by atoms with Gasteiger partial charge < -0.3 is 10.2 Å². The van der Waals surface area contributed by atoms with Gasteiger partial charge in [-0.05, 0) is 24.5 Å². The van der Waals surface area contributed by atoms with Crippen LogP contribution in [-0.2, 0) is 6.42 Å². The number of benzene rings is 1. The molecule has 0 saturated heterocycles. The van der Waals surface area contributed by atoms with Crippen LogP contribution in [0.15, 0.2) is 12.1 Å². The van der Waals surface area contributed by atoms with Crippen molar-refractivity contribution >= 4 is 11.6 Å². The van der Waals surface area contributed by atoms with Crippen molar-refractivity contribution in [2.45, 2.75) is 24.9 Å². The number of phenols is 1. The first kappa shape index (κ1) is 9.74. The molecule has 0 unspecified atom stereocenters. The maximum Gasteiger partial charge on any atom is 0.148 e. The standard InChI is InChI=1S/C10H10ClFO2/c11-8-7(13)2-1-6(9(8)12)5-10(14)3-4-10/h1-2,13-14H,3-5H2. The van der Waals surface area contributed by atoms with Gasteiger partial charge in [0.25, 0.3) is 0 Å². The van der Waals surface area contributed by atoms with E-state index in [2.05, 4.69) is 0 Å². The lowest BCUT2D eigenvalue weighted by Gasteiger charge is -2.09. The Morgan fingerprint density at radius 3 is 2.64 bits per heavy atom. The van der Waals surface area contributed by atoms with E-state index < -0.39 is 11.4 Å². The Kier molecular flexibility index (Phi) is 2.16. The Morgan fingerprint density at radius 1 is 1.43 bits per heavy atom. The van der Waals surface area contributed by atoms with Gasteiger partial charge in [0, 0.05) is 6.42 Å². The molecule has 76 valence electrons. The molecule has 1 aliphatic carbocycles. The molecule has 1 aliphatic rings. The predicted molar refractivity (Wildman–Crippen MR) is 51.0 cm³/mol. The maximum absolute atomic E-state index is 13.4. The maximum atomic E-state index is 13.4. The van der Waals surface area contributed by atoms with Crippen LogP contribution < -0.4 is 0 Å². The highest BCUT2D eigenvalue weighted by molar-refractivity contribution is 6.32. The second-order valence-electron chi connectivity index (χ2n) is 3.77. The third kappa shape index (κ3) is 1.70. The number of hydrogen-bond donors (Lipinski definition) is 2. The molecule has 0 spiro atoms. The molecule has 0 radical (unpaired) electrons. The van der Waals surface area contributed by atoms with E-state index in [1.54, 1.807) is 0 Å². The van der Waals surface area contributed by atoms with Crippen LogP contribution in [0.3, 0.4) is 0 Å². The summed E-state index contributed by atoms with van der Waals surface area (Å²) >= 11 is 5.53. The van der Waals surface area contributed by atoms with Crippen LogP contribution in [-0.4, -0.2) is 15.8 Å². The monoisotopic (exact) mass is 216 g/mol. The van der Waals surface area contributed by atoms with E-state index in [-0.39, 0.29) is 17.2 Å². The largest absolute Gasteiger partial charge is 0.506 e. The fraction of sp³-hybridized carbons (Fsp3) is 0.400. The van der Waals surface area contributed by atoms with E-state index >= 15 is 0 Å². The first-order valence-electron chi connectivity index (χ1n) is 4.40. The summed E-state index contributed by atoms with van der Waals surface area (Å²) in [6, 6.07) is 2.79. The zero-order valence-electron chi connectivity index (χ0n) is 7.43. The molecule has 1 aromatic carbocycles. The summed E-state index contributed by atoms with van der Waals surface area (Å²) in [4.78, 5) is 0. The van der Waals surface area contributed by atoms with Crippen molar-refractivity contribution in [3.05, 3.63) is 28.5 Å². The highest BCUT2D eigenvalue weighted by atomic mass is 35.5. The zero-order valence-corrected chi connectivity index (χ0v) is 8.18. The van der Waals surface area contributed by atoms with Crippen molar-refractivity contribution in [1.82, 2.24) is 0 Å². The lowest BCUT2D eigenvalue weighted by molar-refractivity contribution is 0.149. The second-order valence-corrected chi connectivity index (χ2v) is 4.15. The molecule has 0 atom stereocenters. The number of halogens is 2. The second kappa shape index (κ2) is 3.11. The number of phenolic OH excluding ortho intramolecular Hbond substituents is 1. The molecule has 1 aromatic rings. The molecule has 14 heavy (non-hydrogen) atoms. The van der Waals surface area contributed by atoms with E-state index in [1.807, 2.05) is 0 Å². The fourth-order valence-electron chi connectivity index (χ4n) is 1.39. The molecule has 0 heterocycles. The molecule has 0 bridgehead atoms. The summed E-state index contributed by atoms with van der Waals surface area (Å²) < 4.78 is 13.4. The van der Waals surface area contributed by atoms with Gasteiger partial charge in [-0.2, -0.15) is 0 Å². The Labute approximate surface area is 85.9 Å². The number of aromatic hydroxyl groups is 1. The van der Waals surface area contributed by atoms with Crippen molar-refractivity contribution in [3.8, 4) is 5.75 Å². The van der Waals surface area contributed by atoms with Crippen molar-refractivity contribution in [2.24, 2.45) is 0 Å². The Balaban J connectivity index is 2.30. The van der Waals surface area contributed by atoms with Crippen LogP contribution in [0, 0.1) is 5.82 Å². The van der Waals surface area contributed by atoms with Gasteiger partial charge in [-0.15, -0.1) is 0 Å². The zero-order chi connectivity index (χ0) is 10.3. The first-order valence-corrected chi connectivity index (χ1v) is 4.78. The van der Waals surface area contributed by atoms with E-state index in [9.17, 15) is 9.50 Å². The molecule has 4 heteroatoms. The smallest absolute Gasteiger partial charge is 0.148 e. The predicted octanol–water partition coefficient (Wildman–Crippen LogP) is 2.25. The number of hydrogen-bond acceptors (Lipinski definition) is 2. The molecule has 2 nitrogen and oxygen atoms in total. The highest BCUT2D eigenvalue weighted by Crippen LogP contribution is 2.40. The summed E-state index contributed by atoms with van der Waals surface area (Å²) in [5.74, 6) is -0.900. The molecule has 2 N–H and O–H groups in total. The lowest BCUT2D eigenvalue weighted by Crippen LogP contribution is -2.12. The summed E-state index contributed by atoms with van der Waals surface area (Å²) in [6.45, 7) is 0. The summed E-state index contributed by atoms with van der Waals surface area (Å²) in [6.07, 6.45) is 1.66. The lowest BCUT2D eigenvalue weighted by atomic mass is 10.1. The third-order valence-electron chi connectivity index (χ3n) is 2.49. The SMILES string of the molecule is Oc1ccc(CC2(O)CC2)c(F)c1Cl. The fourth-order valence-corrected chi connectivity index (χ4v) is 1.58. The van der Waals surface area contributed by atoms with Crippen LogP contribution >= 0.6 is 11.6 Å². The quantitative estimate of drug-likeness (QED) is 0.796. The van der Waals surface area contributed by atoms with E-state index in [1.165, 1.54) is 12.1 Å². The van der Waals surface area contributed by atoms with Gasteiger partial charge in [0.1, 0.15) is 16.6 Å². The third-order valence-corrected chi connectivity index (χ3v) is 2.85. The Morgan fingerprint density at radius 2 is 2.07 bits per heavy atom. The van der Waals surface area contributed by atoms with Crippen molar-refractivity contribution in [2.75, 3.05) is 0 Å². The Bertz CT molecular complexity index is 375. The van der Waals surface area contributed by atoms with Gasteiger partial charge in [0.15, 0.2) is 0 Å². The van der Waals surface area contributed by atoms with Crippen LogP contribution in [0.2, 0.25) is 5.02 Å². The minimum absolute atomic E-state index is 0.263. The highest BCUT2D eigenvalue weighted by Gasteiger charge is 2.40. The van der Waals surface area contributed by atoms with Crippen molar-refractivity contribution < 1.29 is 14.6 Å². The molecule has 0 amide bonds. The summed E-state index contributed by atoms with van der Waals surface area (Å²) in [5.41, 5.74) is -0.394. The summed E-state index contributed by atoms with van der Waals surface area (Å²) in [5, 5.41) is 18.4. The average molecular weight is 217 g/mol. The molecular formula is C10H10ClFO2. The summed E-state index contributed by atoms with van der Waals surface area (Å²) in [7, 11) is 0. The molecule has 0 aromatic heterocycles. The van der Waals surface area contributed by atoms with Crippen LogP contribution in [0.4, 0.5) is 4.39 Å². The molecule has 1 fully saturated rings. The van der Waals surface area contributed by atoms with E-state index in [0.717, 1.165) is 0 Å². The first-order chi connectivity index (χ1) is 6.52. The molecule has 0 aliphatic heterocycles. The van der Waals surface area contributed by atoms with Gasteiger partial charge >= 0.3 is 0 Å². The van der Waals surface area contributed by atoms with Gasteiger partial charge in [0.2, 0.25) is 0 Å². The molecule has 1 saturated carbocycles. The molecular weight excluding hydrogens is 207 g/mol. The molecule has 2 rings (SSSR count). The van der Waals surface area contributed by atoms with Gasteiger partial charge in [0.05, 0.1) is 5.60 Å². The average Bonchev–Trinajstić information content (AvgIpc) is 2.86. The topological polar surface area (TPSA) is 40.5 Å². The van der Waals surface area contributed by atoms with E-state index in [4.69, 9.17) is 16.7 Å². The van der Waals surface area contributed by atoms with Crippen molar-refractivity contribution in [1.29, 1.82) is 0 Å². The van der Waals surface area contributed by atoms with Crippen molar-refractivity contribution in [3.63, 3.8) is 0 Å². The minimum atomic E-state index is -0.749.